The third-order valence-corrected chi connectivity index (χ3v) is 2.06. The zero-order chi connectivity index (χ0) is 10.7. The van der Waals surface area contributed by atoms with Gasteiger partial charge in [0.15, 0.2) is 0 Å². The normalized spacial score (nSPS) is 10.0. The number of hydrogen-bond acceptors (Lipinski definition) is 5. The molecule has 15 heavy (non-hydrogen) atoms. The van der Waals surface area contributed by atoms with Gasteiger partial charge in [-0.2, -0.15) is 0 Å². The molecule has 0 saturated carbocycles. The van der Waals surface area contributed by atoms with Crippen molar-refractivity contribution >= 4 is 17.5 Å². The minimum Gasteiger partial charge on any atom is -0.355 e. The summed E-state index contributed by atoms with van der Waals surface area (Å²) in [6, 6.07) is 7.18. The minimum atomic E-state index is 0.396. The molecule has 2 rings (SSSR count). The molecule has 0 fully saturated rings. The maximum Gasteiger partial charge on any atom is 0.261 e. The molecule has 0 amide bonds. The number of aromatic nitrogens is 4. The molecule has 0 aliphatic carbocycles. The van der Waals surface area contributed by atoms with Crippen molar-refractivity contribution in [2.45, 2.75) is 0 Å². The van der Waals surface area contributed by atoms with Crippen LogP contribution in [0.15, 0.2) is 24.3 Å². The Morgan fingerprint density at radius 2 is 1.60 bits per heavy atom. The van der Waals surface area contributed by atoms with Crippen LogP contribution >= 0.6 is 11.6 Å². The van der Waals surface area contributed by atoms with E-state index in [2.05, 4.69) is 25.7 Å². The largest absolute Gasteiger partial charge is 0.355 e. The van der Waals surface area contributed by atoms with Crippen molar-refractivity contribution in [3.8, 4) is 11.4 Å². The summed E-state index contributed by atoms with van der Waals surface area (Å²) in [5.41, 5.74) is 0.835. The van der Waals surface area contributed by atoms with Crippen LogP contribution < -0.4 is 5.32 Å². The van der Waals surface area contributed by atoms with Crippen LogP contribution in [0.2, 0.25) is 5.02 Å². The molecule has 2 aromatic rings. The quantitative estimate of drug-likeness (QED) is 0.835. The van der Waals surface area contributed by atoms with Crippen LogP contribution in [0.1, 0.15) is 0 Å². The Morgan fingerprint density at radius 3 is 2.13 bits per heavy atom. The van der Waals surface area contributed by atoms with E-state index in [9.17, 15) is 0 Å². The minimum absolute atomic E-state index is 0.396. The van der Waals surface area contributed by atoms with Gasteiger partial charge in [0, 0.05) is 17.6 Å². The number of halogens is 1. The molecule has 0 spiro atoms. The second kappa shape index (κ2) is 4.18. The summed E-state index contributed by atoms with van der Waals surface area (Å²) in [5, 5.41) is 18.9. The molecular weight excluding hydrogens is 214 g/mol. The van der Waals surface area contributed by atoms with Gasteiger partial charge in [-0.3, -0.25) is 0 Å². The van der Waals surface area contributed by atoms with E-state index in [0.29, 0.717) is 16.8 Å². The lowest BCUT2D eigenvalue weighted by molar-refractivity contribution is 0.872. The SMILES string of the molecule is CNc1nnc(-c2ccc(Cl)cc2)nn1. The molecule has 5 nitrogen and oxygen atoms in total. The standard InChI is InChI=1S/C9H8ClN5/c1-11-9-14-12-8(13-15-9)6-2-4-7(10)5-3-6/h2-5H,1H3,(H,11,14,15). The van der Waals surface area contributed by atoms with Crippen LogP contribution in [0, 0.1) is 0 Å². The highest BCUT2D eigenvalue weighted by Crippen LogP contribution is 2.16. The van der Waals surface area contributed by atoms with E-state index < -0.39 is 0 Å². The predicted octanol–water partition coefficient (Wildman–Crippen LogP) is 1.63. The first kappa shape index (κ1) is 9.79. The molecule has 1 aromatic heterocycles. The number of rotatable bonds is 2. The molecule has 1 heterocycles. The van der Waals surface area contributed by atoms with E-state index in [1.165, 1.54) is 0 Å². The highest BCUT2D eigenvalue weighted by Gasteiger charge is 2.02. The molecule has 6 heteroatoms. The molecule has 0 saturated heterocycles. The van der Waals surface area contributed by atoms with E-state index in [1.807, 2.05) is 12.1 Å². The maximum atomic E-state index is 5.76. The summed E-state index contributed by atoms with van der Waals surface area (Å²) in [5.74, 6) is 0.874. The van der Waals surface area contributed by atoms with Crippen molar-refractivity contribution in [1.29, 1.82) is 0 Å². The van der Waals surface area contributed by atoms with E-state index in [4.69, 9.17) is 11.6 Å². The Kier molecular flexibility index (Phi) is 2.73. The van der Waals surface area contributed by atoms with Crippen LogP contribution in [0.25, 0.3) is 11.4 Å². The smallest absolute Gasteiger partial charge is 0.261 e. The van der Waals surface area contributed by atoms with E-state index in [1.54, 1.807) is 19.2 Å². The van der Waals surface area contributed by atoms with Gasteiger partial charge in [-0.25, -0.2) is 0 Å². The van der Waals surface area contributed by atoms with Gasteiger partial charge in [-0.15, -0.1) is 20.4 Å². The average Bonchev–Trinajstić information content (AvgIpc) is 2.30. The number of nitrogens with zero attached hydrogens (tertiary/aromatic N) is 4. The molecule has 0 bridgehead atoms. The van der Waals surface area contributed by atoms with Crippen molar-refractivity contribution in [1.82, 2.24) is 20.4 Å². The Labute approximate surface area is 91.5 Å². The third-order valence-electron chi connectivity index (χ3n) is 1.80. The van der Waals surface area contributed by atoms with Gasteiger partial charge in [-0.1, -0.05) is 11.6 Å². The summed E-state index contributed by atoms with van der Waals surface area (Å²) < 4.78 is 0. The van der Waals surface area contributed by atoms with E-state index in [-0.39, 0.29) is 0 Å². The molecule has 0 atom stereocenters. The number of nitrogens with one attached hydrogen (secondary N) is 1. The Morgan fingerprint density at radius 1 is 1.00 bits per heavy atom. The second-order valence-corrected chi connectivity index (χ2v) is 3.24. The predicted molar refractivity (Wildman–Crippen MR) is 57.6 cm³/mol. The van der Waals surface area contributed by atoms with Crippen LogP contribution in [0.4, 0.5) is 5.95 Å². The average molecular weight is 222 g/mol. The van der Waals surface area contributed by atoms with Crippen LogP contribution in [0.5, 0.6) is 0 Å². The van der Waals surface area contributed by atoms with Crippen LogP contribution in [-0.2, 0) is 0 Å². The number of hydrogen-bond donors (Lipinski definition) is 1. The highest BCUT2D eigenvalue weighted by atomic mass is 35.5. The highest BCUT2D eigenvalue weighted by molar-refractivity contribution is 6.30. The Bertz CT molecular complexity index is 439. The first-order chi connectivity index (χ1) is 7.29. The molecule has 0 aliphatic rings. The molecule has 0 unspecified atom stereocenters. The molecule has 76 valence electrons. The summed E-state index contributed by atoms with van der Waals surface area (Å²) in [7, 11) is 1.71. The van der Waals surface area contributed by atoms with Crippen LogP contribution in [-0.4, -0.2) is 27.4 Å². The van der Waals surface area contributed by atoms with Gasteiger partial charge >= 0.3 is 0 Å². The summed E-state index contributed by atoms with van der Waals surface area (Å²) in [6.07, 6.45) is 0. The van der Waals surface area contributed by atoms with Gasteiger partial charge in [0.25, 0.3) is 5.95 Å². The van der Waals surface area contributed by atoms with Gasteiger partial charge in [0.05, 0.1) is 0 Å². The maximum absolute atomic E-state index is 5.76. The van der Waals surface area contributed by atoms with Crippen molar-refractivity contribution in [2.75, 3.05) is 12.4 Å². The number of benzene rings is 1. The van der Waals surface area contributed by atoms with Crippen molar-refractivity contribution in [2.24, 2.45) is 0 Å². The topological polar surface area (TPSA) is 63.6 Å². The third kappa shape index (κ3) is 2.19. The monoisotopic (exact) mass is 221 g/mol. The van der Waals surface area contributed by atoms with Crippen LogP contribution in [0.3, 0.4) is 0 Å². The molecule has 1 aromatic carbocycles. The molecule has 0 radical (unpaired) electrons. The molecule has 1 N–H and O–H groups in total. The Balaban J connectivity index is 2.33. The van der Waals surface area contributed by atoms with Gasteiger partial charge in [0.1, 0.15) is 0 Å². The van der Waals surface area contributed by atoms with Crippen molar-refractivity contribution in [3.63, 3.8) is 0 Å². The van der Waals surface area contributed by atoms with Gasteiger partial charge < -0.3 is 5.32 Å². The fraction of sp³-hybridized carbons (Fsp3) is 0.111. The lowest BCUT2D eigenvalue weighted by Crippen LogP contribution is -2.02. The summed E-state index contributed by atoms with van der Waals surface area (Å²) in [6.45, 7) is 0. The first-order valence-electron chi connectivity index (χ1n) is 4.30. The lowest BCUT2D eigenvalue weighted by Gasteiger charge is -1.99. The number of anilines is 1. The zero-order valence-corrected chi connectivity index (χ0v) is 8.73. The van der Waals surface area contributed by atoms with Gasteiger partial charge in [-0.05, 0) is 24.3 Å². The fourth-order valence-electron chi connectivity index (χ4n) is 1.04. The fourth-order valence-corrected chi connectivity index (χ4v) is 1.17. The van der Waals surface area contributed by atoms with E-state index in [0.717, 1.165) is 5.56 Å². The lowest BCUT2D eigenvalue weighted by atomic mass is 10.2. The Hall–Kier alpha value is -1.75. The van der Waals surface area contributed by atoms with Crippen molar-refractivity contribution in [3.05, 3.63) is 29.3 Å². The first-order valence-corrected chi connectivity index (χ1v) is 4.68. The summed E-state index contributed by atoms with van der Waals surface area (Å²) in [4.78, 5) is 0. The van der Waals surface area contributed by atoms with Crippen molar-refractivity contribution < 1.29 is 0 Å². The zero-order valence-electron chi connectivity index (χ0n) is 7.98. The van der Waals surface area contributed by atoms with E-state index >= 15 is 0 Å². The summed E-state index contributed by atoms with van der Waals surface area (Å²) >= 11 is 5.76. The molecular formula is C9H8ClN5. The van der Waals surface area contributed by atoms with Gasteiger partial charge in [0.2, 0.25) is 5.82 Å². The molecule has 0 aliphatic heterocycles. The second-order valence-electron chi connectivity index (χ2n) is 2.80.